The Hall–Kier alpha value is -7.57. The van der Waals surface area contributed by atoms with Crippen molar-refractivity contribution < 1.29 is 146 Å². The lowest BCUT2D eigenvalue weighted by atomic mass is 10.1. The first kappa shape index (κ1) is 95.0. The number of aryl methyl sites for hydroxylation is 2. The molecule has 0 spiro atoms. The Morgan fingerprint density at radius 1 is 0.448 bits per heavy atom. The zero-order valence-corrected chi connectivity index (χ0v) is 71.8. The summed E-state index contributed by atoms with van der Waals surface area (Å²) in [5.41, 5.74) is 21.1. The molecule has 11 N–H and O–H groups in total. The van der Waals surface area contributed by atoms with Gasteiger partial charge in [-0.1, -0.05) is 11.8 Å². The van der Waals surface area contributed by atoms with Gasteiger partial charge in [-0.05, 0) is 13.8 Å². The topological polar surface area (TPSA) is 721 Å². The summed E-state index contributed by atoms with van der Waals surface area (Å²) in [5.74, 6) is -0.749. The third-order valence-electron chi connectivity index (χ3n) is 20.0. The van der Waals surface area contributed by atoms with Crippen molar-refractivity contribution in [3.05, 3.63) is 96.8 Å². The van der Waals surface area contributed by atoms with E-state index in [-0.39, 0.29) is 141 Å². The highest BCUT2D eigenvalue weighted by molar-refractivity contribution is 8.06. The van der Waals surface area contributed by atoms with Crippen LogP contribution >= 0.6 is 30.2 Å². The third kappa shape index (κ3) is 22.1. The van der Waals surface area contributed by atoms with Crippen LogP contribution in [-0.4, -0.2) is 303 Å². The van der Waals surface area contributed by atoms with Crippen molar-refractivity contribution in [1.82, 2.24) is 77.7 Å². The highest BCUT2D eigenvalue weighted by atomic mass is 32.5. The smallest absolute Gasteiger partial charge is 0.351 e. The number of aliphatic hydroxyl groups excluding tert-OH is 1. The number of imidazole rings is 3. The Labute approximate surface area is 710 Å². The predicted molar refractivity (Wildman–Crippen MR) is 415 cm³/mol. The lowest BCUT2D eigenvalue weighted by Crippen LogP contribution is -2.42. The standard InChI is InChI=1S/C65H94N20O35P4S/c1-31-19-82(64(89)77-50(31)66)59-47(105-15-10-100-5)45(38(114-59)25-111-124(97,125)120-42-35(21-86)113-62(46(42)104-14-9-99-4)85-30-76-41-55(85)78-63(69)79-57(41)88)119-123(95,96)110-24-37-44(49(107-17-12-102-7)61(116-37)84-29-75-40-52(68)71-27-73-54(40)84)118-122(93,94)109-23-36-43(48(106-16-11-101-6)60(115-36)83-28-74-39-51(67)70-26-72-53(39)83)117-121(91,92)108-22-33-18-34(103-13-8-98-3)58(112-33)81-20-32(2)56(87)80-65(81)90/h19-20,26-30,33-38,42-49,58-62,86H,8-18,21-25H2,1-7H3,(H,91,92)(H,93,94)(H,95,96)(H,97,125)(H2,66,77,89)(H2,67,70,72)(H2,68,71,73)(H,80,87,90)(H3,69,78,79,88)/p-4/t33-,34-,35+,36+,37+,38+,42?,43?,44?,45?,46-,47-,48-,49-,58+,59+,60+,61+,62+,124?/m0/s1. The van der Waals surface area contributed by atoms with Crippen molar-refractivity contribution >= 4 is 98.9 Å². The van der Waals surface area contributed by atoms with Gasteiger partial charge in [0.2, 0.25) is 5.95 Å². The molecule has 55 nitrogen and oxygen atoms in total. The molecule has 690 valence electrons. The second-order valence-corrected chi connectivity index (χ2v) is 35.0. The van der Waals surface area contributed by atoms with Crippen molar-refractivity contribution in [3.8, 4) is 0 Å². The number of phosphoric acid groups is 3. The van der Waals surface area contributed by atoms with Gasteiger partial charge in [0, 0.05) is 65.5 Å². The molecule has 23 atom stereocenters. The van der Waals surface area contributed by atoms with Crippen LogP contribution in [0.15, 0.2) is 63.2 Å². The van der Waals surface area contributed by atoms with Gasteiger partial charge in [-0.3, -0.25) is 56.1 Å². The lowest BCUT2D eigenvalue weighted by molar-refractivity contribution is -0.241. The molecule has 8 aromatic rings. The van der Waals surface area contributed by atoms with Gasteiger partial charge in [0.25, 0.3) is 34.6 Å². The molecule has 8 unspecified atom stereocenters. The van der Waals surface area contributed by atoms with E-state index in [2.05, 4.69) is 54.8 Å². The van der Waals surface area contributed by atoms with Crippen LogP contribution in [0.25, 0.3) is 33.5 Å². The van der Waals surface area contributed by atoms with Crippen LogP contribution in [0.2, 0.25) is 0 Å². The van der Waals surface area contributed by atoms with Gasteiger partial charge in [0.05, 0.1) is 124 Å². The van der Waals surface area contributed by atoms with Crippen LogP contribution in [0, 0.1) is 13.8 Å². The summed E-state index contributed by atoms with van der Waals surface area (Å²) >= 11 is 5.49. The van der Waals surface area contributed by atoms with Crippen LogP contribution in [-0.2, 0) is 133 Å². The Morgan fingerprint density at radius 3 is 1.32 bits per heavy atom. The van der Waals surface area contributed by atoms with Gasteiger partial charge in [-0.15, -0.1) is 0 Å². The van der Waals surface area contributed by atoms with Crippen molar-refractivity contribution in [1.29, 1.82) is 0 Å². The average molecular weight is 1870 g/mol. The number of nitrogens with two attached hydrogens (primary N) is 4. The highest BCUT2D eigenvalue weighted by Crippen LogP contribution is 2.54. The number of nitrogen functional groups attached to an aromatic ring is 4. The molecule has 0 saturated carbocycles. The Balaban J connectivity index is 0.793. The van der Waals surface area contributed by atoms with E-state index >= 15 is 18.9 Å². The monoisotopic (exact) mass is 1870 g/mol. The SMILES string of the molecule is COCCO[C@H]1C[C@@H](COP(=O)([O-])OC2[C@@H](COP(=O)([O-])OC3[C@@H](COP(=O)([O-])OC4[C@@H](COP([O-])(=S)OC5[C@@H](CO)O[C@@H](n6cnc7c(=O)[nH]c(N)nc76)[C@H]5OCCOC)O[C@@H](n5cc(C)c(N)nc5=O)[C@H]4OCCOC)O[C@@H](n4cnc5c(N)ncnc54)[C@H]3OCCOC)O[C@@H](n3cnc4c(N)ncnc43)[C@H]2OCCOC)O[C@H]1n1cc(C)c(=O)[nH]c1=O. The van der Waals surface area contributed by atoms with Crippen LogP contribution < -0.4 is 65.0 Å². The molecule has 60 heteroatoms. The predicted octanol–water partition coefficient (Wildman–Crippen LogP) is -4.82. The zero-order chi connectivity index (χ0) is 89.4. The maximum Gasteiger partial charge on any atom is 0.351 e. The van der Waals surface area contributed by atoms with E-state index in [4.69, 9.17) is 142 Å². The van der Waals surface area contributed by atoms with Crippen LogP contribution in [0.1, 0.15) is 48.7 Å². The first-order valence-corrected chi connectivity index (χ1v) is 44.9. The summed E-state index contributed by atoms with van der Waals surface area (Å²) < 4.78 is 185. The number of hydrogen-bond acceptors (Lipinski definition) is 49. The van der Waals surface area contributed by atoms with E-state index in [1.165, 1.54) is 88.1 Å². The van der Waals surface area contributed by atoms with Crippen LogP contribution in [0.3, 0.4) is 0 Å². The molecule has 5 fully saturated rings. The second-order valence-electron chi connectivity index (χ2n) is 28.2. The number of nitrogens with one attached hydrogen (secondary N) is 2. The third-order valence-corrected chi connectivity index (χ3v) is 24.4. The molecule has 5 aliphatic heterocycles. The van der Waals surface area contributed by atoms with E-state index in [1.807, 2.05) is 0 Å². The fraction of sp³-hybridized carbons (Fsp3) is 0.646. The molecule has 5 saturated heterocycles. The number of aromatic nitrogens is 16. The molecule has 13 heterocycles. The quantitative estimate of drug-likeness (QED) is 0.0139. The minimum Gasteiger partial charge on any atom is -0.780 e. The maximum absolute atomic E-state index is 15.1. The summed E-state index contributed by atoms with van der Waals surface area (Å²) in [4.78, 5) is 154. The molecule has 125 heavy (non-hydrogen) atoms. The minimum absolute atomic E-state index is 0.000219. The van der Waals surface area contributed by atoms with Gasteiger partial charge < -0.3 is 155 Å². The summed E-state index contributed by atoms with van der Waals surface area (Å²) in [6, 6.07) is 0. The molecule has 0 radical (unpaired) electrons. The summed E-state index contributed by atoms with van der Waals surface area (Å²) in [5, 5.41) is 10.8. The van der Waals surface area contributed by atoms with Gasteiger partial charge >= 0.3 is 11.4 Å². The van der Waals surface area contributed by atoms with Crippen LogP contribution in [0.5, 0.6) is 0 Å². The lowest BCUT2D eigenvalue weighted by Gasteiger charge is -2.36. The number of hydrogen-bond donors (Lipinski definition) is 7. The zero-order valence-electron chi connectivity index (χ0n) is 67.4. The molecule has 5 aliphatic rings. The van der Waals surface area contributed by atoms with E-state index in [9.17, 15) is 38.6 Å². The summed E-state index contributed by atoms with van der Waals surface area (Å²) in [6.45, 7) is -9.01. The fourth-order valence-electron chi connectivity index (χ4n) is 14.2. The second kappa shape index (κ2) is 41.5. The van der Waals surface area contributed by atoms with Gasteiger partial charge in [-0.2, -0.15) is 9.97 Å². The van der Waals surface area contributed by atoms with Crippen molar-refractivity contribution in [2.45, 2.75) is 137 Å². The minimum atomic E-state index is -6.10. The number of aromatic amines is 2. The first-order chi connectivity index (χ1) is 59.8. The summed E-state index contributed by atoms with van der Waals surface area (Å²) in [6.07, 6.45) is -23.1. The van der Waals surface area contributed by atoms with Crippen molar-refractivity contribution in [3.63, 3.8) is 0 Å². The molecule has 0 aliphatic carbocycles. The van der Waals surface area contributed by atoms with E-state index < -0.39 is 202 Å². The normalized spacial score (nSPS) is 28.5. The van der Waals surface area contributed by atoms with Crippen LogP contribution in [0.4, 0.5) is 23.4 Å². The van der Waals surface area contributed by atoms with Crippen molar-refractivity contribution in [2.75, 3.05) is 158 Å². The molecule has 0 bridgehead atoms. The number of aliphatic hydroxyl groups is 1. The Bertz CT molecular complexity index is 5480. The van der Waals surface area contributed by atoms with Gasteiger partial charge in [-0.25, -0.2) is 44.5 Å². The number of anilines is 4. The van der Waals surface area contributed by atoms with E-state index in [1.54, 1.807) is 0 Å². The Morgan fingerprint density at radius 2 is 0.856 bits per heavy atom. The van der Waals surface area contributed by atoms with Crippen molar-refractivity contribution in [2.24, 2.45) is 0 Å². The molecule has 13 rings (SSSR count). The fourth-order valence-corrected chi connectivity index (χ4v) is 18.5. The van der Waals surface area contributed by atoms with E-state index in [0.717, 1.165) is 28.1 Å². The molecular weight excluding hydrogens is 1780 g/mol. The number of H-pyrrole nitrogens is 2. The molecule has 8 aromatic heterocycles. The molecule has 0 aromatic carbocycles. The van der Waals surface area contributed by atoms with Gasteiger partial charge in [0.15, 0.2) is 65.2 Å². The molecular formula is C65H90N20O35P4S-4. The largest absolute Gasteiger partial charge is 0.780 e. The first-order valence-electron chi connectivity index (χ1n) is 38.0. The van der Waals surface area contributed by atoms with Gasteiger partial charge in [0.1, 0.15) is 116 Å². The number of phosphoric ester groups is 3. The average Bonchev–Trinajstić information content (AvgIpc) is 1.62. The number of fused-ring (bicyclic) bond motifs is 3. The molecule has 0 amide bonds. The maximum atomic E-state index is 15.1. The van der Waals surface area contributed by atoms with E-state index in [0.29, 0.717) is 0 Å². The highest BCUT2D eigenvalue weighted by Gasteiger charge is 2.56. The summed E-state index contributed by atoms with van der Waals surface area (Å²) in [7, 11) is -11.2. The number of methoxy groups -OCH3 is 5. The number of nitrogens with zero attached hydrogens (tertiary/aromatic N) is 14. The number of rotatable bonds is 46. The number of ether oxygens (including phenoxy) is 15. The Kier molecular flexibility index (Phi) is 31.5.